The number of aliphatic hydroxyl groups is 1. The maximum atomic E-state index is 9.60. The van der Waals surface area contributed by atoms with Crippen molar-refractivity contribution in [2.75, 3.05) is 38.8 Å². The molecule has 0 fully saturated rings. The molecule has 0 bridgehead atoms. The fraction of sp³-hybridized carbons (Fsp3) is 0.600. The number of nitrogens with zero attached hydrogens (tertiary/aromatic N) is 1. The molecule has 2 N–H and O–H groups in total. The molecule has 2 atom stereocenters. The highest BCUT2D eigenvalue weighted by Crippen LogP contribution is 2.18. The van der Waals surface area contributed by atoms with Crippen LogP contribution in [0.25, 0.3) is 0 Å². The summed E-state index contributed by atoms with van der Waals surface area (Å²) < 4.78 is 4.90. The van der Waals surface area contributed by atoms with Crippen molar-refractivity contribution in [1.82, 2.24) is 5.32 Å². The number of methoxy groups -OCH3 is 1. The van der Waals surface area contributed by atoms with Crippen molar-refractivity contribution in [3.8, 4) is 0 Å². The van der Waals surface area contributed by atoms with Crippen LogP contribution in [0.15, 0.2) is 24.3 Å². The molecule has 0 saturated heterocycles. The summed E-state index contributed by atoms with van der Waals surface area (Å²) in [5.41, 5.74) is 2.44. The Bertz CT molecular complexity index is 354. The molecule has 0 aliphatic rings. The van der Waals surface area contributed by atoms with E-state index in [1.165, 1.54) is 11.3 Å². The summed E-state index contributed by atoms with van der Waals surface area (Å²) in [6.07, 6.45) is -0.460. The molecular formula is C15H26N2O2. The number of anilines is 1. The summed E-state index contributed by atoms with van der Waals surface area (Å²) in [6, 6.07) is 8.72. The van der Waals surface area contributed by atoms with E-state index in [0.717, 1.165) is 6.54 Å². The molecule has 0 spiro atoms. The molecule has 0 heterocycles. The lowest BCUT2D eigenvalue weighted by molar-refractivity contribution is 0.0630. The molecule has 0 saturated carbocycles. The first-order valence-electron chi connectivity index (χ1n) is 6.80. The van der Waals surface area contributed by atoms with Crippen LogP contribution < -0.4 is 10.2 Å². The lowest BCUT2D eigenvalue weighted by atomic mass is 10.1. The van der Waals surface area contributed by atoms with E-state index in [0.29, 0.717) is 13.2 Å². The predicted molar refractivity (Wildman–Crippen MR) is 79.7 cm³/mol. The van der Waals surface area contributed by atoms with Crippen LogP contribution in [0.3, 0.4) is 0 Å². The quantitative estimate of drug-likeness (QED) is 0.753. The van der Waals surface area contributed by atoms with Crippen LogP contribution in [0.2, 0.25) is 0 Å². The number of aliphatic hydroxyl groups excluding tert-OH is 1. The Morgan fingerprint density at radius 3 is 2.47 bits per heavy atom. The second-order valence-electron chi connectivity index (χ2n) is 4.84. The van der Waals surface area contributed by atoms with E-state index in [1.54, 1.807) is 7.11 Å². The van der Waals surface area contributed by atoms with Crippen molar-refractivity contribution >= 4 is 5.69 Å². The summed E-state index contributed by atoms with van der Waals surface area (Å²) in [4.78, 5) is 2.20. The van der Waals surface area contributed by atoms with Gasteiger partial charge in [-0.1, -0.05) is 12.1 Å². The fourth-order valence-electron chi connectivity index (χ4n) is 1.88. The molecule has 1 aromatic carbocycles. The van der Waals surface area contributed by atoms with Gasteiger partial charge in [0.15, 0.2) is 0 Å². The smallest absolute Gasteiger partial charge is 0.0897 e. The van der Waals surface area contributed by atoms with Gasteiger partial charge in [0.2, 0.25) is 0 Å². The van der Waals surface area contributed by atoms with Crippen molar-refractivity contribution in [3.63, 3.8) is 0 Å². The van der Waals surface area contributed by atoms with Crippen LogP contribution in [0.1, 0.15) is 25.5 Å². The number of ether oxygens (including phenoxy) is 1. The van der Waals surface area contributed by atoms with Crippen molar-refractivity contribution in [2.45, 2.75) is 26.0 Å². The standard InChI is InChI=1S/C15H26N2O2/c1-5-17(3)14-8-6-13(7-9-14)12(2)16-10-15(18)11-19-4/h6-9,12,15-16,18H,5,10-11H2,1-4H3. The van der Waals surface area contributed by atoms with Crippen LogP contribution in [-0.4, -0.2) is 45.1 Å². The average molecular weight is 266 g/mol. The molecule has 1 aromatic rings. The Hall–Kier alpha value is -1.10. The maximum absolute atomic E-state index is 9.60. The summed E-state index contributed by atoms with van der Waals surface area (Å²) in [5.74, 6) is 0. The zero-order valence-corrected chi connectivity index (χ0v) is 12.4. The Morgan fingerprint density at radius 2 is 1.95 bits per heavy atom. The molecule has 0 aliphatic heterocycles. The van der Waals surface area contributed by atoms with Crippen LogP contribution in [0.4, 0.5) is 5.69 Å². The number of rotatable bonds is 8. The van der Waals surface area contributed by atoms with Gasteiger partial charge in [0.05, 0.1) is 12.7 Å². The van der Waals surface area contributed by atoms with Crippen molar-refractivity contribution < 1.29 is 9.84 Å². The zero-order chi connectivity index (χ0) is 14.3. The van der Waals surface area contributed by atoms with E-state index in [2.05, 4.69) is 55.4 Å². The minimum atomic E-state index is -0.460. The van der Waals surface area contributed by atoms with E-state index in [4.69, 9.17) is 4.74 Å². The monoisotopic (exact) mass is 266 g/mol. The molecule has 0 amide bonds. The zero-order valence-electron chi connectivity index (χ0n) is 12.4. The van der Waals surface area contributed by atoms with E-state index in [1.807, 2.05) is 0 Å². The molecule has 4 heteroatoms. The minimum Gasteiger partial charge on any atom is -0.389 e. The second-order valence-corrected chi connectivity index (χ2v) is 4.84. The van der Waals surface area contributed by atoms with Gasteiger partial charge in [-0.25, -0.2) is 0 Å². The van der Waals surface area contributed by atoms with Gasteiger partial charge in [-0.05, 0) is 31.5 Å². The van der Waals surface area contributed by atoms with Crippen molar-refractivity contribution in [2.24, 2.45) is 0 Å². The molecule has 0 radical (unpaired) electrons. The average Bonchev–Trinajstić information content (AvgIpc) is 2.44. The Labute approximate surface area is 116 Å². The summed E-state index contributed by atoms with van der Waals surface area (Å²) >= 11 is 0. The lowest BCUT2D eigenvalue weighted by Gasteiger charge is -2.20. The third kappa shape index (κ3) is 5.19. The second kappa shape index (κ2) is 8.15. The predicted octanol–water partition coefficient (Wildman–Crippen LogP) is 1.80. The highest BCUT2D eigenvalue weighted by atomic mass is 16.5. The van der Waals surface area contributed by atoms with Gasteiger partial charge >= 0.3 is 0 Å². The highest BCUT2D eigenvalue weighted by Gasteiger charge is 2.09. The third-order valence-electron chi connectivity index (χ3n) is 3.33. The summed E-state index contributed by atoms with van der Waals surface area (Å²) in [6.45, 7) is 6.12. The molecule has 4 nitrogen and oxygen atoms in total. The number of benzene rings is 1. The van der Waals surface area contributed by atoms with E-state index in [-0.39, 0.29) is 6.04 Å². The van der Waals surface area contributed by atoms with Gasteiger partial charge in [-0.3, -0.25) is 0 Å². The van der Waals surface area contributed by atoms with Crippen LogP contribution in [0.5, 0.6) is 0 Å². The molecule has 0 aromatic heterocycles. The first-order valence-corrected chi connectivity index (χ1v) is 6.80. The largest absolute Gasteiger partial charge is 0.389 e. The Morgan fingerprint density at radius 1 is 1.32 bits per heavy atom. The van der Waals surface area contributed by atoms with Gasteiger partial charge in [-0.15, -0.1) is 0 Å². The number of hydrogen-bond donors (Lipinski definition) is 2. The normalized spacial score (nSPS) is 14.2. The highest BCUT2D eigenvalue weighted by molar-refractivity contribution is 5.47. The molecule has 0 aliphatic carbocycles. The van der Waals surface area contributed by atoms with E-state index >= 15 is 0 Å². The minimum absolute atomic E-state index is 0.215. The van der Waals surface area contributed by atoms with Gasteiger partial charge in [0, 0.05) is 39.0 Å². The summed E-state index contributed by atoms with van der Waals surface area (Å²) in [5, 5.41) is 12.9. The number of nitrogens with one attached hydrogen (secondary N) is 1. The summed E-state index contributed by atoms with van der Waals surface area (Å²) in [7, 11) is 3.67. The fourth-order valence-corrected chi connectivity index (χ4v) is 1.88. The van der Waals surface area contributed by atoms with Crippen LogP contribution in [-0.2, 0) is 4.74 Å². The first kappa shape index (κ1) is 16.0. The lowest BCUT2D eigenvalue weighted by Crippen LogP contribution is -2.31. The van der Waals surface area contributed by atoms with Gasteiger partial charge in [0.1, 0.15) is 0 Å². The Kier molecular flexibility index (Phi) is 6.84. The van der Waals surface area contributed by atoms with Crippen molar-refractivity contribution in [3.05, 3.63) is 29.8 Å². The Balaban J connectivity index is 2.50. The maximum Gasteiger partial charge on any atom is 0.0897 e. The number of hydrogen-bond acceptors (Lipinski definition) is 4. The third-order valence-corrected chi connectivity index (χ3v) is 3.33. The van der Waals surface area contributed by atoms with Gasteiger partial charge < -0.3 is 20.1 Å². The van der Waals surface area contributed by atoms with Gasteiger partial charge in [-0.2, -0.15) is 0 Å². The van der Waals surface area contributed by atoms with Gasteiger partial charge in [0.25, 0.3) is 0 Å². The molecule has 2 unspecified atom stereocenters. The molecule has 108 valence electrons. The van der Waals surface area contributed by atoms with E-state index < -0.39 is 6.10 Å². The van der Waals surface area contributed by atoms with Crippen LogP contribution in [0, 0.1) is 0 Å². The van der Waals surface area contributed by atoms with E-state index in [9.17, 15) is 5.11 Å². The van der Waals surface area contributed by atoms with Crippen molar-refractivity contribution in [1.29, 1.82) is 0 Å². The first-order chi connectivity index (χ1) is 9.08. The molecular weight excluding hydrogens is 240 g/mol. The van der Waals surface area contributed by atoms with Crippen LogP contribution >= 0.6 is 0 Å². The molecule has 19 heavy (non-hydrogen) atoms. The molecule has 1 rings (SSSR count). The topological polar surface area (TPSA) is 44.7 Å². The SMILES string of the molecule is CCN(C)c1ccc(C(C)NCC(O)COC)cc1.